The van der Waals surface area contributed by atoms with Crippen LogP contribution in [0.15, 0.2) is 18.2 Å². The predicted octanol–water partition coefficient (Wildman–Crippen LogP) is 0.682. The summed E-state index contributed by atoms with van der Waals surface area (Å²) in [7, 11) is 1.63. The number of nitrogens with one attached hydrogen (secondary N) is 2. The molecule has 0 saturated heterocycles. The van der Waals surface area contributed by atoms with Crippen LogP contribution in [0.2, 0.25) is 0 Å². The van der Waals surface area contributed by atoms with Gasteiger partial charge in [-0.05, 0) is 24.6 Å². The van der Waals surface area contributed by atoms with Crippen molar-refractivity contribution < 1.29 is 14.3 Å². The first kappa shape index (κ1) is 12.7. The van der Waals surface area contributed by atoms with Crippen molar-refractivity contribution in [3.63, 3.8) is 0 Å². The van der Waals surface area contributed by atoms with Crippen molar-refractivity contribution in [1.29, 1.82) is 0 Å². The Morgan fingerprint density at radius 2 is 2.06 bits per heavy atom. The first-order valence-corrected chi connectivity index (χ1v) is 6.04. The third kappa shape index (κ3) is 2.92. The first-order chi connectivity index (χ1) is 8.70. The summed E-state index contributed by atoms with van der Waals surface area (Å²) in [4.78, 5) is 11.3. The average Bonchev–Trinajstić information content (AvgIpc) is 2.43. The number of amides is 1. The minimum Gasteiger partial charge on any atom is -0.486 e. The predicted molar refractivity (Wildman–Crippen MR) is 67.8 cm³/mol. The second-order valence-electron chi connectivity index (χ2n) is 4.19. The van der Waals surface area contributed by atoms with E-state index in [1.165, 1.54) is 0 Å². The lowest BCUT2D eigenvalue weighted by atomic mass is 10.2. The summed E-state index contributed by atoms with van der Waals surface area (Å²) >= 11 is 0. The highest BCUT2D eigenvalue weighted by Crippen LogP contribution is 2.30. The quantitative estimate of drug-likeness (QED) is 0.825. The number of hydrogen-bond acceptors (Lipinski definition) is 4. The SMILES string of the molecule is CNC(=O)C(C)NCc1ccc2c(c1)OCCO2. The van der Waals surface area contributed by atoms with Gasteiger partial charge in [-0.2, -0.15) is 0 Å². The summed E-state index contributed by atoms with van der Waals surface area (Å²) in [6.45, 7) is 3.62. The van der Waals surface area contributed by atoms with E-state index in [1.54, 1.807) is 7.05 Å². The molecule has 1 atom stereocenters. The van der Waals surface area contributed by atoms with Crippen LogP contribution in [0, 0.1) is 0 Å². The fourth-order valence-electron chi connectivity index (χ4n) is 1.78. The lowest BCUT2D eigenvalue weighted by molar-refractivity contribution is -0.122. The monoisotopic (exact) mass is 250 g/mol. The molecule has 1 aromatic rings. The Morgan fingerprint density at radius 1 is 1.33 bits per heavy atom. The Balaban J connectivity index is 1.96. The number of hydrogen-bond donors (Lipinski definition) is 2. The highest BCUT2D eigenvalue weighted by molar-refractivity contribution is 5.80. The van der Waals surface area contributed by atoms with Crippen LogP contribution in [0.4, 0.5) is 0 Å². The smallest absolute Gasteiger partial charge is 0.236 e. The average molecular weight is 250 g/mol. The van der Waals surface area contributed by atoms with E-state index in [0.29, 0.717) is 19.8 Å². The maximum absolute atomic E-state index is 11.3. The number of rotatable bonds is 4. The van der Waals surface area contributed by atoms with Crippen LogP contribution in [-0.4, -0.2) is 32.2 Å². The Kier molecular flexibility index (Phi) is 4.04. The van der Waals surface area contributed by atoms with E-state index in [4.69, 9.17) is 9.47 Å². The van der Waals surface area contributed by atoms with Gasteiger partial charge in [-0.25, -0.2) is 0 Å². The van der Waals surface area contributed by atoms with E-state index in [2.05, 4.69) is 10.6 Å². The second-order valence-corrected chi connectivity index (χ2v) is 4.19. The van der Waals surface area contributed by atoms with E-state index in [9.17, 15) is 4.79 Å². The fraction of sp³-hybridized carbons (Fsp3) is 0.462. The van der Waals surface area contributed by atoms with E-state index in [1.807, 2.05) is 25.1 Å². The van der Waals surface area contributed by atoms with Crippen LogP contribution in [0.25, 0.3) is 0 Å². The van der Waals surface area contributed by atoms with Crippen molar-refractivity contribution in [2.45, 2.75) is 19.5 Å². The molecule has 2 N–H and O–H groups in total. The van der Waals surface area contributed by atoms with Crippen molar-refractivity contribution in [3.8, 4) is 11.5 Å². The van der Waals surface area contributed by atoms with E-state index in [0.717, 1.165) is 17.1 Å². The number of fused-ring (bicyclic) bond motifs is 1. The molecule has 1 aromatic carbocycles. The first-order valence-electron chi connectivity index (χ1n) is 6.04. The molecule has 5 heteroatoms. The molecular weight excluding hydrogens is 232 g/mol. The molecule has 2 rings (SSSR count). The molecule has 5 nitrogen and oxygen atoms in total. The summed E-state index contributed by atoms with van der Waals surface area (Å²) in [5.41, 5.74) is 1.06. The van der Waals surface area contributed by atoms with Gasteiger partial charge in [0.25, 0.3) is 0 Å². The summed E-state index contributed by atoms with van der Waals surface area (Å²) in [6.07, 6.45) is 0. The Morgan fingerprint density at radius 3 is 2.78 bits per heavy atom. The maximum atomic E-state index is 11.3. The fourth-order valence-corrected chi connectivity index (χ4v) is 1.78. The topological polar surface area (TPSA) is 59.6 Å². The molecular formula is C13H18N2O3. The van der Waals surface area contributed by atoms with Crippen molar-refractivity contribution in [1.82, 2.24) is 10.6 Å². The van der Waals surface area contributed by atoms with Crippen LogP contribution in [-0.2, 0) is 11.3 Å². The van der Waals surface area contributed by atoms with Crippen molar-refractivity contribution in [2.24, 2.45) is 0 Å². The minimum absolute atomic E-state index is 0.0208. The van der Waals surface area contributed by atoms with Gasteiger partial charge in [0.2, 0.25) is 5.91 Å². The lowest BCUT2D eigenvalue weighted by Gasteiger charge is -2.19. The zero-order valence-corrected chi connectivity index (χ0v) is 10.7. The van der Waals surface area contributed by atoms with Gasteiger partial charge in [-0.3, -0.25) is 4.79 Å². The number of benzene rings is 1. The lowest BCUT2D eigenvalue weighted by Crippen LogP contribution is -2.40. The van der Waals surface area contributed by atoms with Gasteiger partial charge in [-0.1, -0.05) is 6.07 Å². The standard InChI is InChI=1S/C13H18N2O3/c1-9(13(16)14-2)15-8-10-3-4-11-12(7-10)18-6-5-17-11/h3-4,7,9,15H,5-6,8H2,1-2H3,(H,14,16). The highest BCUT2D eigenvalue weighted by Gasteiger charge is 2.13. The van der Waals surface area contributed by atoms with Crippen LogP contribution in [0.3, 0.4) is 0 Å². The minimum atomic E-state index is -0.219. The molecule has 0 aromatic heterocycles. The molecule has 0 aliphatic carbocycles. The molecule has 0 spiro atoms. The molecule has 18 heavy (non-hydrogen) atoms. The van der Waals surface area contributed by atoms with Crippen LogP contribution in [0.1, 0.15) is 12.5 Å². The molecule has 1 aliphatic heterocycles. The van der Waals surface area contributed by atoms with E-state index >= 15 is 0 Å². The van der Waals surface area contributed by atoms with Crippen LogP contribution in [0.5, 0.6) is 11.5 Å². The van der Waals surface area contributed by atoms with Gasteiger partial charge in [0, 0.05) is 13.6 Å². The van der Waals surface area contributed by atoms with Gasteiger partial charge < -0.3 is 20.1 Å². The Labute approximate surface area is 106 Å². The third-order valence-corrected chi connectivity index (χ3v) is 2.86. The van der Waals surface area contributed by atoms with Gasteiger partial charge in [0.05, 0.1) is 6.04 Å². The molecule has 1 heterocycles. The summed E-state index contributed by atoms with van der Waals surface area (Å²) in [6, 6.07) is 5.59. The van der Waals surface area contributed by atoms with Gasteiger partial charge in [0.15, 0.2) is 11.5 Å². The van der Waals surface area contributed by atoms with Gasteiger partial charge in [-0.15, -0.1) is 0 Å². The molecule has 1 aliphatic rings. The highest BCUT2D eigenvalue weighted by atomic mass is 16.6. The summed E-state index contributed by atoms with van der Waals surface area (Å²) in [5.74, 6) is 1.53. The molecule has 1 unspecified atom stereocenters. The van der Waals surface area contributed by atoms with Crippen LogP contribution < -0.4 is 20.1 Å². The van der Waals surface area contributed by atoms with Crippen molar-refractivity contribution in [2.75, 3.05) is 20.3 Å². The summed E-state index contributed by atoms with van der Waals surface area (Å²) < 4.78 is 11.0. The molecule has 0 fully saturated rings. The zero-order chi connectivity index (χ0) is 13.0. The van der Waals surface area contributed by atoms with Crippen molar-refractivity contribution >= 4 is 5.91 Å². The summed E-state index contributed by atoms with van der Waals surface area (Å²) in [5, 5.41) is 5.75. The largest absolute Gasteiger partial charge is 0.486 e. The Hall–Kier alpha value is -1.75. The van der Waals surface area contributed by atoms with Crippen molar-refractivity contribution in [3.05, 3.63) is 23.8 Å². The normalized spacial score (nSPS) is 15.0. The van der Waals surface area contributed by atoms with Gasteiger partial charge >= 0.3 is 0 Å². The maximum Gasteiger partial charge on any atom is 0.236 e. The number of ether oxygens (including phenoxy) is 2. The number of likely N-dealkylation sites (N-methyl/N-ethyl adjacent to an activating group) is 1. The number of carbonyl (C=O) groups is 1. The van der Waals surface area contributed by atoms with Crippen LogP contribution >= 0.6 is 0 Å². The molecule has 1 amide bonds. The molecule has 0 saturated carbocycles. The van der Waals surface area contributed by atoms with E-state index < -0.39 is 0 Å². The molecule has 98 valence electrons. The molecule has 0 bridgehead atoms. The van der Waals surface area contributed by atoms with E-state index in [-0.39, 0.29) is 11.9 Å². The zero-order valence-electron chi connectivity index (χ0n) is 10.7. The number of carbonyl (C=O) groups excluding carboxylic acids is 1. The Bertz CT molecular complexity index is 434. The second kappa shape index (κ2) is 5.73. The molecule has 0 radical (unpaired) electrons. The third-order valence-electron chi connectivity index (χ3n) is 2.86. The van der Waals surface area contributed by atoms with Gasteiger partial charge in [0.1, 0.15) is 13.2 Å².